The summed E-state index contributed by atoms with van der Waals surface area (Å²) >= 11 is 6.07. The van der Waals surface area contributed by atoms with Crippen molar-refractivity contribution in [2.75, 3.05) is 13.2 Å². The second-order valence-electron chi connectivity index (χ2n) is 4.69. The van der Waals surface area contributed by atoms with Gasteiger partial charge in [-0.05, 0) is 44.0 Å². The minimum absolute atomic E-state index is 0.623. The number of hydrogen-bond acceptors (Lipinski definition) is 3. The van der Waals surface area contributed by atoms with Crippen molar-refractivity contribution in [1.29, 1.82) is 0 Å². The Morgan fingerprint density at radius 1 is 1.39 bits per heavy atom. The van der Waals surface area contributed by atoms with Crippen molar-refractivity contribution in [3.05, 3.63) is 11.8 Å². The zero-order valence-corrected chi connectivity index (χ0v) is 13.0. The van der Waals surface area contributed by atoms with Gasteiger partial charge in [0.1, 0.15) is 5.72 Å². The van der Waals surface area contributed by atoms with Crippen LogP contribution in [0.3, 0.4) is 0 Å². The third-order valence-electron chi connectivity index (χ3n) is 2.81. The lowest BCUT2D eigenvalue weighted by atomic mass is 10.1. The van der Waals surface area contributed by atoms with Gasteiger partial charge in [-0.25, -0.2) is 0 Å². The Kier molecular flexibility index (Phi) is 9.52. The zero-order valence-electron chi connectivity index (χ0n) is 12.2. The van der Waals surface area contributed by atoms with Crippen LogP contribution in [-0.4, -0.2) is 28.4 Å². The van der Waals surface area contributed by atoms with E-state index in [1.54, 1.807) is 6.92 Å². The molecule has 0 aromatic carbocycles. The second-order valence-corrected chi connectivity index (χ2v) is 5.10. The normalized spacial score (nSPS) is 15.8. The molecule has 18 heavy (non-hydrogen) atoms. The van der Waals surface area contributed by atoms with Crippen molar-refractivity contribution in [2.45, 2.75) is 65.5 Å². The third kappa shape index (κ3) is 7.24. The molecule has 0 saturated heterocycles. The first-order valence-corrected chi connectivity index (χ1v) is 7.29. The fraction of sp³-hybridized carbons (Fsp3) is 0.857. The monoisotopic (exact) mass is 277 g/mol. The molecule has 0 bridgehead atoms. The van der Waals surface area contributed by atoms with Gasteiger partial charge >= 0.3 is 0 Å². The highest BCUT2D eigenvalue weighted by atomic mass is 35.5. The minimum Gasteiger partial charge on any atom is -0.498 e. The van der Waals surface area contributed by atoms with Crippen molar-refractivity contribution in [1.82, 2.24) is 4.42 Å². The van der Waals surface area contributed by atoms with Crippen molar-refractivity contribution in [3.8, 4) is 0 Å². The molecule has 0 aromatic rings. The Morgan fingerprint density at radius 2 is 2.06 bits per heavy atom. The molecule has 0 aromatic heterocycles. The third-order valence-corrected chi connectivity index (χ3v) is 3.35. The Morgan fingerprint density at radius 3 is 2.56 bits per heavy atom. The molecule has 0 heterocycles. The second kappa shape index (κ2) is 9.65. The van der Waals surface area contributed by atoms with Crippen molar-refractivity contribution in [3.63, 3.8) is 0 Å². The van der Waals surface area contributed by atoms with E-state index in [9.17, 15) is 5.11 Å². The number of rotatable bonds is 10. The van der Waals surface area contributed by atoms with Gasteiger partial charge in [-0.15, -0.1) is 0 Å². The highest BCUT2D eigenvalue weighted by molar-refractivity contribution is 6.13. The van der Waals surface area contributed by atoms with E-state index in [1.807, 2.05) is 6.92 Å². The molecule has 0 amide bonds. The highest BCUT2D eigenvalue weighted by Crippen LogP contribution is 2.20. The molecule has 0 aliphatic heterocycles. The summed E-state index contributed by atoms with van der Waals surface area (Å²) in [4.78, 5) is 0. The van der Waals surface area contributed by atoms with E-state index in [4.69, 9.17) is 16.5 Å². The average molecular weight is 278 g/mol. The van der Waals surface area contributed by atoms with Gasteiger partial charge in [-0.1, -0.05) is 27.2 Å². The Bertz CT molecular complexity index is 242. The van der Waals surface area contributed by atoms with Crippen LogP contribution in [0.2, 0.25) is 0 Å². The van der Waals surface area contributed by atoms with Crippen LogP contribution in [0, 0.1) is 0 Å². The van der Waals surface area contributed by atoms with Crippen LogP contribution >= 0.6 is 11.8 Å². The molecule has 1 unspecified atom stereocenters. The SMILES string of the molecule is CC/C=C(\CC)OCCCN(Cl)C(C)(O)CCC. The topological polar surface area (TPSA) is 32.7 Å². The zero-order chi connectivity index (χ0) is 14.0. The summed E-state index contributed by atoms with van der Waals surface area (Å²) in [5.41, 5.74) is -0.927. The van der Waals surface area contributed by atoms with Gasteiger partial charge in [0.05, 0.1) is 12.4 Å². The predicted octanol–water partition coefficient (Wildman–Crippen LogP) is 4.06. The van der Waals surface area contributed by atoms with Gasteiger partial charge in [0.25, 0.3) is 0 Å². The molecule has 0 rings (SSSR count). The lowest BCUT2D eigenvalue weighted by Gasteiger charge is -2.31. The van der Waals surface area contributed by atoms with E-state index >= 15 is 0 Å². The van der Waals surface area contributed by atoms with Crippen LogP contribution in [0.1, 0.15) is 59.8 Å². The van der Waals surface area contributed by atoms with Gasteiger partial charge in [-0.2, -0.15) is 4.42 Å². The van der Waals surface area contributed by atoms with E-state index in [0.29, 0.717) is 19.6 Å². The van der Waals surface area contributed by atoms with Crippen LogP contribution < -0.4 is 0 Å². The Balaban J connectivity index is 3.87. The maximum absolute atomic E-state index is 10.1. The lowest BCUT2D eigenvalue weighted by molar-refractivity contribution is -0.0526. The van der Waals surface area contributed by atoms with Gasteiger partial charge < -0.3 is 9.84 Å². The van der Waals surface area contributed by atoms with Gasteiger partial charge in [0, 0.05) is 13.0 Å². The van der Waals surface area contributed by atoms with Crippen LogP contribution in [0.25, 0.3) is 0 Å². The molecule has 1 atom stereocenters. The summed E-state index contributed by atoms with van der Waals surface area (Å²) in [5, 5.41) is 10.1. The molecule has 3 nitrogen and oxygen atoms in total. The summed E-state index contributed by atoms with van der Waals surface area (Å²) in [6.07, 6.45) is 6.41. The molecule has 0 spiro atoms. The summed E-state index contributed by atoms with van der Waals surface area (Å²) in [7, 11) is 0. The van der Waals surface area contributed by atoms with Crippen molar-refractivity contribution < 1.29 is 9.84 Å². The molecule has 0 radical (unpaired) electrons. The molecule has 108 valence electrons. The molecular weight excluding hydrogens is 250 g/mol. The number of hydrogen-bond donors (Lipinski definition) is 1. The summed E-state index contributed by atoms with van der Waals surface area (Å²) in [5.74, 6) is 1.04. The van der Waals surface area contributed by atoms with Crippen LogP contribution in [-0.2, 0) is 4.74 Å². The van der Waals surface area contributed by atoms with Crippen molar-refractivity contribution in [2.24, 2.45) is 0 Å². The molecule has 0 fully saturated rings. The first-order chi connectivity index (χ1) is 8.47. The first kappa shape index (κ1) is 17.8. The van der Waals surface area contributed by atoms with Gasteiger partial charge in [-0.3, -0.25) is 0 Å². The summed E-state index contributed by atoms with van der Waals surface area (Å²) in [6.45, 7) is 9.23. The molecule has 0 aliphatic carbocycles. The average Bonchev–Trinajstić information content (AvgIpc) is 2.32. The number of nitrogens with zero attached hydrogens (tertiary/aromatic N) is 1. The standard InChI is InChI=1S/C14H28ClNO2/c1-5-9-13(7-3)18-12-8-11-16(15)14(4,17)10-6-2/h9,17H,5-8,10-12H2,1-4H3/b13-9+. The maximum atomic E-state index is 10.1. The fourth-order valence-corrected chi connectivity index (χ4v) is 1.98. The summed E-state index contributed by atoms with van der Waals surface area (Å²) in [6, 6.07) is 0. The largest absolute Gasteiger partial charge is 0.498 e. The van der Waals surface area contributed by atoms with Crippen molar-refractivity contribution >= 4 is 11.8 Å². The molecular formula is C14H28ClNO2. The van der Waals surface area contributed by atoms with E-state index in [2.05, 4.69) is 19.9 Å². The predicted molar refractivity (Wildman–Crippen MR) is 77.3 cm³/mol. The number of allylic oxidation sites excluding steroid dienone is 2. The minimum atomic E-state index is -0.927. The van der Waals surface area contributed by atoms with Gasteiger partial charge in [0.2, 0.25) is 0 Å². The molecule has 0 saturated carbocycles. The first-order valence-electron chi connectivity index (χ1n) is 6.95. The Labute approximate surface area is 117 Å². The van der Waals surface area contributed by atoms with E-state index in [0.717, 1.165) is 31.4 Å². The summed E-state index contributed by atoms with van der Waals surface area (Å²) < 4.78 is 7.13. The highest BCUT2D eigenvalue weighted by Gasteiger charge is 2.26. The van der Waals surface area contributed by atoms with Gasteiger partial charge in [0.15, 0.2) is 0 Å². The van der Waals surface area contributed by atoms with E-state index < -0.39 is 5.72 Å². The molecule has 4 heteroatoms. The number of ether oxygens (including phenoxy) is 1. The Hall–Kier alpha value is -0.250. The number of aliphatic hydroxyl groups is 1. The van der Waals surface area contributed by atoms with E-state index in [1.165, 1.54) is 4.42 Å². The molecule has 1 N–H and O–H groups in total. The van der Waals surface area contributed by atoms with Crippen LogP contribution in [0.5, 0.6) is 0 Å². The quantitative estimate of drug-likeness (QED) is 0.283. The van der Waals surface area contributed by atoms with Crippen LogP contribution in [0.4, 0.5) is 0 Å². The van der Waals surface area contributed by atoms with Crippen LogP contribution in [0.15, 0.2) is 11.8 Å². The lowest BCUT2D eigenvalue weighted by Crippen LogP contribution is -2.40. The fourth-order valence-electron chi connectivity index (χ4n) is 1.78. The smallest absolute Gasteiger partial charge is 0.128 e. The van der Waals surface area contributed by atoms with E-state index in [-0.39, 0.29) is 0 Å². The maximum Gasteiger partial charge on any atom is 0.128 e. The molecule has 0 aliphatic rings. The number of halogens is 1.